The van der Waals surface area contributed by atoms with Crippen molar-refractivity contribution in [2.75, 3.05) is 0 Å². The monoisotopic (exact) mass is 320 g/mol. The van der Waals surface area contributed by atoms with E-state index in [2.05, 4.69) is 24.3 Å². The molecule has 0 saturated carbocycles. The Bertz CT molecular complexity index is 845. The summed E-state index contributed by atoms with van der Waals surface area (Å²) in [5.41, 5.74) is 2.23. The molecule has 0 fully saturated rings. The number of hydrogen-bond acceptors (Lipinski definition) is 2. The minimum Gasteiger partial charge on any atom is -0.478 e. The molecule has 0 aliphatic heterocycles. The number of aliphatic carboxylic acids is 1. The van der Waals surface area contributed by atoms with Crippen LogP contribution in [-0.4, -0.2) is 17.2 Å². The number of rotatable bonds is 5. The molecule has 0 saturated heterocycles. The summed E-state index contributed by atoms with van der Waals surface area (Å²) >= 11 is 0. The van der Waals surface area contributed by atoms with E-state index in [1.807, 2.05) is 56.3 Å². The minimum absolute atomic E-state index is 0.0970. The summed E-state index contributed by atoms with van der Waals surface area (Å²) < 4.78 is 5.62. The van der Waals surface area contributed by atoms with Crippen LogP contribution in [-0.2, 0) is 4.79 Å². The van der Waals surface area contributed by atoms with Gasteiger partial charge in [0.25, 0.3) is 0 Å². The molecule has 1 N–H and O–H groups in total. The normalized spacial score (nSPS) is 12.3. The van der Waals surface area contributed by atoms with Crippen LogP contribution in [0.15, 0.2) is 66.7 Å². The van der Waals surface area contributed by atoms with Gasteiger partial charge in [0, 0.05) is 5.92 Å². The molecule has 0 radical (unpaired) electrons. The Kier molecular flexibility index (Phi) is 4.52. The highest BCUT2D eigenvalue weighted by molar-refractivity contribution is 5.96. The average molecular weight is 320 g/mol. The van der Waals surface area contributed by atoms with Crippen molar-refractivity contribution < 1.29 is 14.6 Å². The number of benzene rings is 3. The largest absolute Gasteiger partial charge is 0.478 e. The minimum atomic E-state index is -0.942. The number of carboxylic acid groups (broad SMARTS) is 1. The van der Waals surface area contributed by atoms with E-state index in [1.54, 1.807) is 0 Å². The maximum atomic E-state index is 11.3. The smallest absolute Gasteiger partial charge is 0.345 e. The summed E-state index contributed by atoms with van der Waals surface area (Å²) in [6.45, 7) is 3.67. The molecule has 3 aromatic carbocycles. The lowest BCUT2D eigenvalue weighted by Gasteiger charge is -2.18. The highest BCUT2D eigenvalue weighted by Gasteiger charge is 2.23. The quantitative estimate of drug-likeness (QED) is 0.720. The second-order valence-electron chi connectivity index (χ2n) is 6.17. The van der Waals surface area contributed by atoms with Crippen LogP contribution in [0.1, 0.15) is 13.8 Å². The van der Waals surface area contributed by atoms with Crippen molar-refractivity contribution in [1.29, 1.82) is 0 Å². The SMILES string of the molecule is CC(C)[C@H](Oc1ccc(-c2cccc3ccccc23)cc1)C(=O)O. The van der Waals surface area contributed by atoms with Gasteiger partial charge < -0.3 is 9.84 Å². The lowest BCUT2D eigenvalue weighted by molar-refractivity contribution is -0.147. The van der Waals surface area contributed by atoms with Crippen LogP contribution in [0.4, 0.5) is 0 Å². The molecule has 122 valence electrons. The molecule has 3 rings (SSSR count). The van der Waals surface area contributed by atoms with Crippen molar-refractivity contribution in [2.45, 2.75) is 20.0 Å². The molecule has 3 nitrogen and oxygen atoms in total. The lowest BCUT2D eigenvalue weighted by atomic mass is 9.98. The van der Waals surface area contributed by atoms with Crippen molar-refractivity contribution in [3.63, 3.8) is 0 Å². The summed E-state index contributed by atoms with van der Waals surface area (Å²) in [6.07, 6.45) is -0.839. The molecule has 3 aromatic rings. The van der Waals surface area contributed by atoms with Crippen LogP contribution >= 0.6 is 0 Å². The van der Waals surface area contributed by atoms with E-state index in [9.17, 15) is 9.90 Å². The Morgan fingerprint density at radius 2 is 1.58 bits per heavy atom. The van der Waals surface area contributed by atoms with E-state index in [4.69, 9.17) is 4.74 Å². The van der Waals surface area contributed by atoms with Crippen LogP contribution < -0.4 is 4.74 Å². The third-order valence-electron chi connectivity index (χ3n) is 4.07. The van der Waals surface area contributed by atoms with Gasteiger partial charge in [0.2, 0.25) is 0 Å². The Labute approximate surface area is 141 Å². The van der Waals surface area contributed by atoms with Crippen LogP contribution in [0.3, 0.4) is 0 Å². The predicted octanol–water partition coefficient (Wildman–Crippen LogP) is 4.99. The summed E-state index contributed by atoms with van der Waals surface area (Å²) in [6, 6.07) is 22.1. The molecular weight excluding hydrogens is 300 g/mol. The zero-order chi connectivity index (χ0) is 17.1. The fourth-order valence-electron chi connectivity index (χ4n) is 2.81. The first-order valence-electron chi connectivity index (χ1n) is 8.04. The molecule has 0 unspecified atom stereocenters. The van der Waals surface area contributed by atoms with E-state index in [-0.39, 0.29) is 5.92 Å². The second kappa shape index (κ2) is 6.75. The van der Waals surface area contributed by atoms with Gasteiger partial charge in [-0.1, -0.05) is 68.4 Å². The molecule has 1 atom stereocenters. The van der Waals surface area contributed by atoms with Crippen molar-refractivity contribution in [1.82, 2.24) is 0 Å². The summed E-state index contributed by atoms with van der Waals surface area (Å²) in [4.78, 5) is 11.3. The molecule has 0 spiro atoms. The third kappa shape index (κ3) is 3.25. The highest BCUT2D eigenvalue weighted by atomic mass is 16.5. The molecule has 0 aliphatic carbocycles. The fourth-order valence-corrected chi connectivity index (χ4v) is 2.81. The second-order valence-corrected chi connectivity index (χ2v) is 6.17. The molecule has 24 heavy (non-hydrogen) atoms. The lowest BCUT2D eigenvalue weighted by Crippen LogP contribution is -2.32. The standard InChI is InChI=1S/C21H20O3/c1-14(2)20(21(22)23)24-17-12-10-16(11-13-17)19-9-5-7-15-6-3-4-8-18(15)19/h3-14,20H,1-2H3,(H,22,23)/t20-/m0/s1. The number of carbonyl (C=O) groups is 1. The van der Waals surface area contributed by atoms with E-state index < -0.39 is 12.1 Å². The Morgan fingerprint density at radius 1 is 0.917 bits per heavy atom. The molecule has 0 amide bonds. The first kappa shape index (κ1) is 16.1. The number of hydrogen-bond donors (Lipinski definition) is 1. The van der Waals surface area contributed by atoms with Crippen molar-refractivity contribution >= 4 is 16.7 Å². The van der Waals surface area contributed by atoms with Gasteiger partial charge in [-0.15, -0.1) is 0 Å². The Hall–Kier alpha value is -2.81. The number of ether oxygens (including phenoxy) is 1. The van der Waals surface area contributed by atoms with Crippen LogP contribution in [0.5, 0.6) is 5.75 Å². The molecule has 3 heteroatoms. The maximum Gasteiger partial charge on any atom is 0.345 e. The van der Waals surface area contributed by atoms with Gasteiger partial charge in [-0.3, -0.25) is 0 Å². The van der Waals surface area contributed by atoms with Gasteiger partial charge in [0.05, 0.1) is 0 Å². The number of carboxylic acids is 1. The fraction of sp³-hybridized carbons (Fsp3) is 0.190. The van der Waals surface area contributed by atoms with Gasteiger partial charge in [-0.25, -0.2) is 4.79 Å². The van der Waals surface area contributed by atoms with Gasteiger partial charge in [-0.2, -0.15) is 0 Å². The van der Waals surface area contributed by atoms with Crippen LogP contribution in [0.25, 0.3) is 21.9 Å². The summed E-state index contributed by atoms with van der Waals surface area (Å²) in [5.74, 6) is -0.469. The van der Waals surface area contributed by atoms with E-state index in [1.165, 1.54) is 10.8 Å². The highest BCUT2D eigenvalue weighted by Crippen LogP contribution is 2.30. The molecule has 0 aliphatic rings. The van der Waals surface area contributed by atoms with Crippen molar-refractivity contribution in [3.05, 3.63) is 66.7 Å². The Morgan fingerprint density at radius 3 is 2.25 bits per heavy atom. The maximum absolute atomic E-state index is 11.3. The van der Waals surface area contributed by atoms with Gasteiger partial charge >= 0.3 is 5.97 Å². The van der Waals surface area contributed by atoms with Gasteiger partial charge in [0.1, 0.15) is 5.75 Å². The van der Waals surface area contributed by atoms with Crippen LogP contribution in [0, 0.1) is 5.92 Å². The number of fused-ring (bicyclic) bond motifs is 1. The third-order valence-corrected chi connectivity index (χ3v) is 4.07. The molecule has 0 heterocycles. The predicted molar refractivity (Wildman–Crippen MR) is 96.3 cm³/mol. The van der Waals surface area contributed by atoms with E-state index >= 15 is 0 Å². The Balaban J connectivity index is 1.90. The van der Waals surface area contributed by atoms with Crippen molar-refractivity contribution in [2.24, 2.45) is 5.92 Å². The van der Waals surface area contributed by atoms with Crippen molar-refractivity contribution in [3.8, 4) is 16.9 Å². The molecular formula is C21H20O3. The first-order valence-corrected chi connectivity index (χ1v) is 8.04. The topological polar surface area (TPSA) is 46.5 Å². The van der Waals surface area contributed by atoms with Crippen LogP contribution in [0.2, 0.25) is 0 Å². The van der Waals surface area contributed by atoms with Gasteiger partial charge in [-0.05, 0) is 34.0 Å². The zero-order valence-corrected chi connectivity index (χ0v) is 13.8. The van der Waals surface area contributed by atoms with E-state index in [0.717, 1.165) is 11.1 Å². The van der Waals surface area contributed by atoms with Gasteiger partial charge in [0.15, 0.2) is 6.10 Å². The summed E-state index contributed by atoms with van der Waals surface area (Å²) in [7, 11) is 0. The summed E-state index contributed by atoms with van der Waals surface area (Å²) in [5, 5.41) is 11.6. The average Bonchev–Trinajstić information content (AvgIpc) is 2.59. The van der Waals surface area contributed by atoms with E-state index in [0.29, 0.717) is 5.75 Å². The molecule has 0 bridgehead atoms. The first-order chi connectivity index (χ1) is 11.6. The molecule has 0 aromatic heterocycles. The zero-order valence-electron chi connectivity index (χ0n) is 13.8.